The number of hydrogen-bond acceptors (Lipinski definition) is 3. The lowest BCUT2D eigenvalue weighted by Gasteiger charge is -2.29. The SMILES string of the molecule is COc1ccc(N2C(=O)[C@@H]3CCCN3[C@H]2c2ccc(F)cc2)cc1. The van der Waals surface area contributed by atoms with Gasteiger partial charge in [-0.05, 0) is 54.8 Å². The number of hydrogen-bond donors (Lipinski definition) is 0. The minimum atomic E-state index is -0.267. The number of amides is 1. The van der Waals surface area contributed by atoms with Crippen LogP contribution in [0.15, 0.2) is 48.5 Å². The van der Waals surface area contributed by atoms with Gasteiger partial charge in [0.2, 0.25) is 5.91 Å². The predicted molar refractivity (Wildman–Crippen MR) is 89.3 cm³/mol. The normalized spacial score (nSPS) is 23.6. The molecule has 24 heavy (non-hydrogen) atoms. The summed E-state index contributed by atoms with van der Waals surface area (Å²) in [6.45, 7) is 0.880. The number of fused-ring (bicyclic) bond motifs is 1. The average molecular weight is 326 g/mol. The lowest BCUT2D eigenvalue weighted by molar-refractivity contribution is -0.119. The molecular formula is C19H19FN2O2. The molecule has 0 bridgehead atoms. The molecule has 0 aromatic heterocycles. The van der Waals surface area contributed by atoms with E-state index in [1.165, 1.54) is 12.1 Å². The highest BCUT2D eigenvalue weighted by molar-refractivity contribution is 6.00. The van der Waals surface area contributed by atoms with Gasteiger partial charge >= 0.3 is 0 Å². The van der Waals surface area contributed by atoms with Crippen molar-refractivity contribution in [3.05, 3.63) is 59.9 Å². The number of benzene rings is 2. The van der Waals surface area contributed by atoms with E-state index in [1.54, 1.807) is 19.2 Å². The Morgan fingerprint density at radius 2 is 1.79 bits per heavy atom. The minimum absolute atomic E-state index is 0.0813. The molecule has 0 saturated carbocycles. The number of carbonyl (C=O) groups excluding carboxylic acids is 1. The van der Waals surface area contributed by atoms with Crippen LogP contribution in [-0.4, -0.2) is 30.5 Å². The van der Waals surface area contributed by atoms with Crippen molar-refractivity contribution in [2.45, 2.75) is 25.0 Å². The average Bonchev–Trinajstić information content (AvgIpc) is 3.18. The van der Waals surface area contributed by atoms with Crippen LogP contribution in [0.25, 0.3) is 0 Å². The van der Waals surface area contributed by atoms with Crippen LogP contribution in [0.5, 0.6) is 5.75 Å². The Kier molecular flexibility index (Phi) is 3.73. The van der Waals surface area contributed by atoms with E-state index < -0.39 is 0 Å². The van der Waals surface area contributed by atoms with Gasteiger partial charge in [0.15, 0.2) is 0 Å². The van der Waals surface area contributed by atoms with Crippen molar-refractivity contribution >= 4 is 11.6 Å². The Labute approximate surface area is 140 Å². The molecule has 2 aromatic rings. The first-order chi connectivity index (χ1) is 11.7. The van der Waals surface area contributed by atoms with E-state index in [4.69, 9.17) is 4.74 Å². The van der Waals surface area contributed by atoms with Gasteiger partial charge in [-0.1, -0.05) is 12.1 Å². The zero-order valence-corrected chi connectivity index (χ0v) is 13.5. The summed E-state index contributed by atoms with van der Waals surface area (Å²) in [5.41, 5.74) is 1.77. The highest BCUT2D eigenvalue weighted by Crippen LogP contribution is 2.42. The van der Waals surface area contributed by atoms with E-state index in [2.05, 4.69) is 4.90 Å². The number of anilines is 1. The summed E-state index contributed by atoms with van der Waals surface area (Å²) in [6, 6.07) is 13.9. The van der Waals surface area contributed by atoms with Gasteiger partial charge in [0.05, 0.1) is 13.2 Å². The van der Waals surface area contributed by atoms with E-state index in [1.807, 2.05) is 29.2 Å². The Morgan fingerprint density at radius 1 is 1.08 bits per heavy atom. The van der Waals surface area contributed by atoms with Crippen molar-refractivity contribution in [2.24, 2.45) is 0 Å². The van der Waals surface area contributed by atoms with Crippen molar-refractivity contribution in [3.63, 3.8) is 0 Å². The smallest absolute Gasteiger partial charge is 0.246 e. The van der Waals surface area contributed by atoms with Gasteiger partial charge in [0.1, 0.15) is 17.7 Å². The molecule has 0 radical (unpaired) electrons. The fraction of sp³-hybridized carbons (Fsp3) is 0.316. The fourth-order valence-electron chi connectivity index (χ4n) is 3.76. The Hall–Kier alpha value is -2.40. The van der Waals surface area contributed by atoms with E-state index in [0.717, 1.165) is 36.4 Å². The van der Waals surface area contributed by atoms with Gasteiger partial charge < -0.3 is 4.74 Å². The van der Waals surface area contributed by atoms with Gasteiger partial charge in [0, 0.05) is 12.2 Å². The molecule has 4 nitrogen and oxygen atoms in total. The third kappa shape index (κ3) is 2.36. The summed E-state index contributed by atoms with van der Waals surface area (Å²) < 4.78 is 18.5. The van der Waals surface area contributed by atoms with Gasteiger partial charge in [-0.2, -0.15) is 0 Å². The summed E-state index contributed by atoms with van der Waals surface area (Å²) in [5, 5.41) is 0. The van der Waals surface area contributed by atoms with Crippen LogP contribution in [0.4, 0.5) is 10.1 Å². The molecule has 2 aliphatic heterocycles. The van der Waals surface area contributed by atoms with E-state index >= 15 is 0 Å². The molecule has 0 N–H and O–H groups in total. The van der Waals surface area contributed by atoms with Gasteiger partial charge in [-0.15, -0.1) is 0 Å². The van der Waals surface area contributed by atoms with Gasteiger partial charge in [0.25, 0.3) is 0 Å². The number of ether oxygens (including phenoxy) is 1. The highest BCUT2D eigenvalue weighted by atomic mass is 19.1. The van der Waals surface area contributed by atoms with E-state index in [9.17, 15) is 9.18 Å². The quantitative estimate of drug-likeness (QED) is 0.867. The molecule has 0 unspecified atom stereocenters. The molecule has 1 amide bonds. The highest BCUT2D eigenvalue weighted by Gasteiger charge is 2.49. The van der Waals surface area contributed by atoms with Crippen LogP contribution in [0, 0.1) is 5.82 Å². The first-order valence-electron chi connectivity index (χ1n) is 8.17. The van der Waals surface area contributed by atoms with E-state index in [-0.39, 0.29) is 23.9 Å². The van der Waals surface area contributed by atoms with Crippen molar-refractivity contribution in [3.8, 4) is 5.75 Å². The number of methoxy groups -OCH3 is 1. The fourth-order valence-corrected chi connectivity index (χ4v) is 3.76. The maximum absolute atomic E-state index is 13.3. The largest absolute Gasteiger partial charge is 0.497 e. The number of carbonyl (C=O) groups is 1. The zero-order valence-electron chi connectivity index (χ0n) is 13.5. The second kappa shape index (κ2) is 5.91. The van der Waals surface area contributed by atoms with Crippen LogP contribution >= 0.6 is 0 Å². The monoisotopic (exact) mass is 326 g/mol. The topological polar surface area (TPSA) is 32.8 Å². The first kappa shape index (κ1) is 15.1. The first-order valence-corrected chi connectivity index (χ1v) is 8.17. The minimum Gasteiger partial charge on any atom is -0.497 e. The van der Waals surface area contributed by atoms with Gasteiger partial charge in [-0.3, -0.25) is 14.6 Å². The van der Waals surface area contributed by atoms with Crippen molar-refractivity contribution in [1.82, 2.24) is 4.90 Å². The van der Waals surface area contributed by atoms with Gasteiger partial charge in [-0.25, -0.2) is 4.39 Å². The Balaban J connectivity index is 1.76. The lowest BCUT2D eigenvalue weighted by atomic mass is 10.1. The van der Waals surface area contributed by atoms with Crippen LogP contribution in [-0.2, 0) is 4.79 Å². The molecule has 4 rings (SSSR count). The van der Waals surface area contributed by atoms with E-state index in [0.29, 0.717) is 0 Å². The Bertz CT molecular complexity index is 745. The lowest BCUT2D eigenvalue weighted by Crippen LogP contribution is -2.32. The van der Waals surface area contributed by atoms with Crippen LogP contribution in [0.1, 0.15) is 24.6 Å². The zero-order chi connectivity index (χ0) is 16.7. The number of nitrogens with zero attached hydrogens (tertiary/aromatic N) is 2. The third-order valence-electron chi connectivity index (χ3n) is 4.89. The standard InChI is InChI=1S/C19H19FN2O2/c1-24-16-10-8-15(9-11-16)22-18(13-4-6-14(20)7-5-13)21-12-2-3-17(21)19(22)23/h4-11,17-18H,2-3,12H2,1H3/t17-,18+/m0/s1. The van der Waals surface area contributed by atoms with Crippen LogP contribution in [0.2, 0.25) is 0 Å². The summed E-state index contributed by atoms with van der Waals surface area (Å²) in [6.07, 6.45) is 1.72. The maximum atomic E-state index is 13.3. The Morgan fingerprint density at radius 3 is 2.46 bits per heavy atom. The summed E-state index contributed by atoms with van der Waals surface area (Å²) >= 11 is 0. The molecule has 2 aromatic carbocycles. The molecule has 0 aliphatic carbocycles. The molecule has 0 spiro atoms. The molecule has 2 heterocycles. The number of halogens is 1. The van der Waals surface area contributed by atoms with Crippen LogP contribution in [0.3, 0.4) is 0 Å². The molecule has 2 atom stereocenters. The number of rotatable bonds is 3. The maximum Gasteiger partial charge on any atom is 0.246 e. The molecule has 2 saturated heterocycles. The summed E-state index contributed by atoms with van der Waals surface area (Å²) in [5.74, 6) is 0.605. The second-order valence-electron chi connectivity index (χ2n) is 6.23. The molecular weight excluding hydrogens is 307 g/mol. The van der Waals surface area contributed by atoms with Crippen molar-refractivity contribution in [2.75, 3.05) is 18.6 Å². The van der Waals surface area contributed by atoms with Crippen molar-refractivity contribution in [1.29, 1.82) is 0 Å². The molecule has 124 valence electrons. The molecule has 2 aliphatic rings. The third-order valence-corrected chi connectivity index (χ3v) is 4.89. The molecule has 2 fully saturated rings. The summed E-state index contributed by atoms with van der Waals surface area (Å²) in [7, 11) is 1.62. The van der Waals surface area contributed by atoms with Crippen LogP contribution < -0.4 is 9.64 Å². The second-order valence-corrected chi connectivity index (χ2v) is 6.23. The predicted octanol–water partition coefficient (Wildman–Crippen LogP) is 3.34. The van der Waals surface area contributed by atoms with Crippen molar-refractivity contribution < 1.29 is 13.9 Å². The molecule has 5 heteroatoms. The summed E-state index contributed by atoms with van der Waals surface area (Å²) in [4.78, 5) is 17.0.